The molecule has 15 heavy (non-hydrogen) atoms. The first-order valence-electron chi connectivity index (χ1n) is 5.98. The van der Waals surface area contributed by atoms with E-state index in [1.54, 1.807) is 0 Å². The third kappa shape index (κ3) is 5.17. The highest BCUT2D eigenvalue weighted by molar-refractivity contribution is 5.68. The van der Waals surface area contributed by atoms with Gasteiger partial charge in [0, 0.05) is 0 Å². The van der Waals surface area contributed by atoms with Crippen LogP contribution in [0.4, 0.5) is 0 Å². The molecule has 1 aliphatic rings. The predicted octanol–water partition coefficient (Wildman–Crippen LogP) is 2.22. The van der Waals surface area contributed by atoms with Crippen molar-refractivity contribution in [3.05, 3.63) is 0 Å². The van der Waals surface area contributed by atoms with E-state index in [2.05, 4.69) is 6.92 Å². The molecule has 0 amide bonds. The van der Waals surface area contributed by atoms with Crippen molar-refractivity contribution in [1.29, 1.82) is 0 Å². The van der Waals surface area contributed by atoms with Crippen LogP contribution in [0.2, 0.25) is 0 Å². The monoisotopic (exact) mass is 213 g/mol. The van der Waals surface area contributed by atoms with Crippen molar-refractivity contribution in [1.82, 2.24) is 4.90 Å². The molecule has 0 radical (unpaired) electrons. The summed E-state index contributed by atoms with van der Waals surface area (Å²) >= 11 is 0. The largest absolute Gasteiger partial charge is 0.480 e. The second kappa shape index (κ2) is 6.11. The summed E-state index contributed by atoms with van der Waals surface area (Å²) in [7, 11) is 1.89. The number of carbonyl (C=O) groups is 1. The molecule has 1 saturated carbocycles. The molecule has 1 fully saturated rings. The van der Waals surface area contributed by atoms with Crippen LogP contribution in [0.5, 0.6) is 0 Å². The number of aliphatic carboxylic acids is 1. The standard InChI is InChI=1S/C12H23NO2/c1-10-4-3-5-11(8-10)6-7-13(2)9-12(14)15/h10-11H,3-9H2,1-2H3,(H,14,15). The summed E-state index contributed by atoms with van der Waals surface area (Å²) in [6, 6.07) is 0. The molecule has 1 aliphatic carbocycles. The van der Waals surface area contributed by atoms with Crippen molar-refractivity contribution in [3.63, 3.8) is 0 Å². The zero-order valence-corrected chi connectivity index (χ0v) is 9.91. The van der Waals surface area contributed by atoms with Gasteiger partial charge in [0.05, 0.1) is 6.54 Å². The van der Waals surface area contributed by atoms with Gasteiger partial charge < -0.3 is 5.11 Å². The highest BCUT2D eigenvalue weighted by Gasteiger charge is 2.19. The minimum atomic E-state index is -0.727. The molecule has 1 N–H and O–H groups in total. The maximum atomic E-state index is 10.5. The summed E-state index contributed by atoms with van der Waals surface area (Å²) < 4.78 is 0. The summed E-state index contributed by atoms with van der Waals surface area (Å²) in [6.07, 6.45) is 6.57. The number of carboxylic acids is 1. The van der Waals surface area contributed by atoms with Crippen molar-refractivity contribution < 1.29 is 9.90 Å². The Morgan fingerprint density at radius 2 is 2.20 bits per heavy atom. The predicted molar refractivity (Wildman–Crippen MR) is 60.9 cm³/mol. The number of rotatable bonds is 5. The van der Waals surface area contributed by atoms with Crippen molar-refractivity contribution in [2.75, 3.05) is 20.1 Å². The molecule has 1 rings (SSSR count). The molecule has 0 heterocycles. The Bertz CT molecular complexity index is 206. The molecule has 0 aromatic heterocycles. The van der Waals surface area contributed by atoms with E-state index in [1.807, 2.05) is 11.9 Å². The summed E-state index contributed by atoms with van der Waals surface area (Å²) in [6.45, 7) is 3.42. The van der Waals surface area contributed by atoms with Gasteiger partial charge in [0.2, 0.25) is 0 Å². The van der Waals surface area contributed by atoms with E-state index >= 15 is 0 Å². The summed E-state index contributed by atoms with van der Waals surface area (Å²) in [5, 5.41) is 8.62. The van der Waals surface area contributed by atoms with Crippen LogP contribution in [0.15, 0.2) is 0 Å². The zero-order valence-electron chi connectivity index (χ0n) is 9.91. The topological polar surface area (TPSA) is 40.5 Å². The molecule has 0 aliphatic heterocycles. The van der Waals surface area contributed by atoms with E-state index in [4.69, 9.17) is 5.11 Å². The van der Waals surface area contributed by atoms with E-state index in [0.29, 0.717) is 0 Å². The second-order valence-electron chi connectivity index (χ2n) is 5.06. The van der Waals surface area contributed by atoms with Crippen molar-refractivity contribution in [2.24, 2.45) is 11.8 Å². The fraction of sp³-hybridized carbons (Fsp3) is 0.917. The third-order valence-corrected chi connectivity index (χ3v) is 3.37. The maximum absolute atomic E-state index is 10.5. The molecule has 2 atom stereocenters. The van der Waals surface area contributed by atoms with Crippen LogP contribution in [0.25, 0.3) is 0 Å². The van der Waals surface area contributed by atoms with Crippen LogP contribution in [-0.4, -0.2) is 36.1 Å². The number of likely N-dealkylation sites (N-methyl/N-ethyl adjacent to an activating group) is 1. The lowest BCUT2D eigenvalue weighted by Gasteiger charge is -2.28. The third-order valence-electron chi connectivity index (χ3n) is 3.37. The summed E-state index contributed by atoms with van der Waals surface area (Å²) in [5.41, 5.74) is 0. The number of carboxylic acid groups (broad SMARTS) is 1. The van der Waals surface area contributed by atoms with Crippen molar-refractivity contribution in [2.45, 2.75) is 39.0 Å². The highest BCUT2D eigenvalue weighted by Crippen LogP contribution is 2.30. The molecule has 88 valence electrons. The van der Waals surface area contributed by atoms with Gasteiger partial charge in [-0.3, -0.25) is 9.69 Å². The molecule has 0 bridgehead atoms. The molecule has 0 spiro atoms. The van der Waals surface area contributed by atoms with E-state index < -0.39 is 5.97 Å². The van der Waals surface area contributed by atoms with Crippen LogP contribution >= 0.6 is 0 Å². The Morgan fingerprint density at radius 1 is 1.47 bits per heavy atom. The van der Waals surface area contributed by atoms with Crippen molar-refractivity contribution in [3.8, 4) is 0 Å². The smallest absolute Gasteiger partial charge is 0.317 e. The first kappa shape index (κ1) is 12.5. The Kier molecular flexibility index (Phi) is 5.09. The molecule has 3 heteroatoms. The molecule has 0 saturated heterocycles. The second-order valence-corrected chi connectivity index (χ2v) is 5.06. The minimum Gasteiger partial charge on any atom is -0.480 e. The summed E-state index contributed by atoms with van der Waals surface area (Å²) in [4.78, 5) is 12.4. The number of nitrogens with zero attached hydrogens (tertiary/aromatic N) is 1. The molecular formula is C12H23NO2. The number of hydrogen-bond donors (Lipinski definition) is 1. The number of hydrogen-bond acceptors (Lipinski definition) is 2. The fourth-order valence-electron chi connectivity index (χ4n) is 2.53. The van der Waals surface area contributed by atoms with Gasteiger partial charge in [-0.25, -0.2) is 0 Å². The lowest BCUT2D eigenvalue weighted by Crippen LogP contribution is -2.28. The Labute approximate surface area is 92.5 Å². The first-order chi connectivity index (χ1) is 7.08. The van der Waals surface area contributed by atoms with Gasteiger partial charge >= 0.3 is 5.97 Å². The lowest BCUT2D eigenvalue weighted by atomic mass is 9.81. The molecule has 0 aromatic rings. The zero-order chi connectivity index (χ0) is 11.3. The summed E-state index contributed by atoms with van der Waals surface area (Å²) in [5.74, 6) is 0.966. The van der Waals surface area contributed by atoms with Crippen molar-refractivity contribution >= 4 is 5.97 Å². The van der Waals surface area contributed by atoms with Crippen LogP contribution in [0.1, 0.15) is 39.0 Å². The van der Waals surface area contributed by atoms with Gasteiger partial charge in [0.25, 0.3) is 0 Å². The van der Waals surface area contributed by atoms with Crippen LogP contribution in [0, 0.1) is 11.8 Å². The van der Waals surface area contributed by atoms with Gasteiger partial charge in [-0.1, -0.05) is 26.2 Å². The SMILES string of the molecule is CC1CCCC(CCN(C)CC(=O)O)C1. The van der Waals surface area contributed by atoms with Gasteiger partial charge in [-0.15, -0.1) is 0 Å². The average Bonchev–Trinajstić information content (AvgIpc) is 2.14. The molecule has 0 aromatic carbocycles. The molecular weight excluding hydrogens is 190 g/mol. The Morgan fingerprint density at radius 3 is 2.80 bits per heavy atom. The molecule has 2 unspecified atom stereocenters. The maximum Gasteiger partial charge on any atom is 0.317 e. The van der Waals surface area contributed by atoms with Gasteiger partial charge in [0.1, 0.15) is 0 Å². The van der Waals surface area contributed by atoms with Gasteiger partial charge in [-0.2, -0.15) is 0 Å². The van der Waals surface area contributed by atoms with E-state index in [9.17, 15) is 4.79 Å². The lowest BCUT2D eigenvalue weighted by molar-refractivity contribution is -0.138. The highest BCUT2D eigenvalue weighted by atomic mass is 16.4. The fourth-order valence-corrected chi connectivity index (χ4v) is 2.53. The van der Waals surface area contributed by atoms with E-state index in [0.717, 1.165) is 24.8 Å². The average molecular weight is 213 g/mol. The Hall–Kier alpha value is -0.570. The Balaban J connectivity index is 2.15. The molecule has 3 nitrogen and oxygen atoms in total. The van der Waals surface area contributed by atoms with E-state index in [1.165, 1.54) is 25.7 Å². The van der Waals surface area contributed by atoms with E-state index in [-0.39, 0.29) is 6.54 Å². The quantitative estimate of drug-likeness (QED) is 0.761. The van der Waals surface area contributed by atoms with Crippen LogP contribution in [-0.2, 0) is 4.79 Å². The first-order valence-corrected chi connectivity index (χ1v) is 5.98. The van der Waals surface area contributed by atoms with Gasteiger partial charge in [0.15, 0.2) is 0 Å². The van der Waals surface area contributed by atoms with Crippen LogP contribution < -0.4 is 0 Å². The normalized spacial score (nSPS) is 26.9. The van der Waals surface area contributed by atoms with Gasteiger partial charge in [-0.05, 0) is 38.3 Å². The minimum absolute atomic E-state index is 0.169. The van der Waals surface area contributed by atoms with Crippen LogP contribution in [0.3, 0.4) is 0 Å².